The molecule has 1 aromatic rings. The third-order valence-electron chi connectivity index (χ3n) is 3.96. The first-order valence-corrected chi connectivity index (χ1v) is 8.44. The minimum Gasteiger partial charge on any atom is -0.481 e. The Kier molecular flexibility index (Phi) is 3.73. The Labute approximate surface area is 128 Å². The highest BCUT2D eigenvalue weighted by Crippen LogP contribution is 2.35. The van der Waals surface area contributed by atoms with Crippen molar-refractivity contribution in [3.8, 4) is 11.5 Å². The van der Waals surface area contributed by atoms with Crippen molar-refractivity contribution in [1.29, 1.82) is 0 Å². The number of carboxylic acid groups (broad SMARTS) is 1. The highest BCUT2D eigenvalue weighted by atomic mass is 32.2. The van der Waals surface area contributed by atoms with Crippen molar-refractivity contribution < 1.29 is 27.8 Å². The number of ether oxygens (including phenoxy) is 2. The van der Waals surface area contributed by atoms with Crippen molar-refractivity contribution >= 4 is 16.0 Å². The van der Waals surface area contributed by atoms with Gasteiger partial charge in [0.1, 0.15) is 0 Å². The fourth-order valence-electron chi connectivity index (χ4n) is 2.86. The zero-order chi connectivity index (χ0) is 15.9. The van der Waals surface area contributed by atoms with Gasteiger partial charge in [-0.3, -0.25) is 4.79 Å². The van der Waals surface area contributed by atoms with Crippen molar-refractivity contribution in [2.24, 2.45) is 11.8 Å². The topological polar surface area (TPSA) is 93.1 Å². The van der Waals surface area contributed by atoms with Gasteiger partial charge in [0.05, 0.1) is 10.8 Å². The standard InChI is InChI=1S/C14H17NO6S/c1-9-4-10(14(16)17)7-15(6-9)22(18,19)11-2-3-12-13(5-11)21-8-20-12/h2-3,5,9-10H,4,6-8H2,1H3,(H,16,17). The van der Waals surface area contributed by atoms with Crippen LogP contribution in [-0.2, 0) is 14.8 Å². The second-order valence-electron chi connectivity index (χ2n) is 5.71. The van der Waals surface area contributed by atoms with Crippen LogP contribution < -0.4 is 9.47 Å². The molecule has 2 atom stereocenters. The molecule has 2 aliphatic heterocycles. The number of benzene rings is 1. The van der Waals surface area contributed by atoms with E-state index >= 15 is 0 Å². The molecular formula is C14H17NO6S. The zero-order valence-electron chi connectivity index (χ0n) is 12.1. The molecule has 120 valence electrons. The number of aliphatic carboxylic acids is 1. The number of sulfonamides is 1. The predicted molar refractivity (Wildman–Crippen MR) is 76.2 cm³/mol. The molecule has 1 saturated heterocycles. The van der Waals surface area contributed by atoms with E-state index in [1.54, 1.807) is 6.07 Å². The maximum Gasteiger partial charge on any atom is 0.307 e. The molecule has 2 aliphatic rings. The maximum absolute atomic E-state index is 12.7. The van der Waals surface area contributed by atoms with Crippen molar-refractivity contribution in [3.05, 3.63) is 18.2 Å². The van der Waals surface area contributed by atoms with Gasteiger partial charge in [-0.2, -0.15) is 4.31 Å². The van der Waals surface area contributed by atoms with E-state index in [1.165, 1.54) is 16.4 Å². The van der Waals surface area contributed by atoms with Crippen LogP contribution in [0.1, 0.15) is 13.3 Å². The van der Waals surface area contributed by atoms with Gasteiger partial charge < -0.3 is 14.6 Å². The van der Waals surface area contributed by atoms with Crippen LogP contribution in [0.5, 0.6) is 11.5 Å². The fourth-order valence-corrected chi connectivity index (χ4v) is 4.49. The van der Waals surface area contributed by atoms with Gasteiger partial charge in [-0.05, 0) is 24.5 Å². The van der Waals surface area contributed by atoms with Gasteiger partial charge in [0, 0.05) is 19.2 Å². The molecular weight excluding hydrogens is 310 g/mol. The number of hydrogen-bond donors (Lipinski definition) is 1. The number of fused-ring (bicyclic) bond motifs is 1. The van der Waals surface area contributed by atoms with Gasteiger partial charge >= 0.3 is 5.97 Å². The monoisotopic (exact) mass is 327 g/mol. The lowest BCUT2D eigenvalue weighted by molar-refractivity contribution is -0.143. The lowest BCUT2D eigenvalue weighted by Gasteiger charge is -2.33. The Morgan fingerprint density at radius 2 is 2.00 bits per heavy atom. The molecule has 1 N–H and O–H groups in total. The summed E-state index contributed by atoms with van der Waals surface area (Å²) in [4.78, 5) is 11.3. The van der Waals surface area contributed by atoms with E-state index in [1.807, 2.05) is 6.92 Å². The van der Waals surface area contributed by atoms with Crippen molar-refractivity contribution in [2.75, 3.05) is 19.9 Å². The van der Waals surface area contributed by atoms with Gasteiger partial charge in [0.25, 0.3) is 0 Å². The van der Waals surface area contributed by atoms with Crippen molar-refractivity contribution in [3.63, 3.8) is 0 Å². The van der Waals surface area contributed by atoms with Crippen molar-refractivity contribution in [2.45, 2.75) is 18.2 Å². The summed E-state index contributed by atoms with van der Waals surface area (Å²) in [5.41, 5.74) is 0. The van der Waals surface area contributed by atoms with Gasteiger partial charge in [0.15, 0.2) is 11.5 Å². The average Bonchev–Trinajstić information content (AvgIpc) is 2.93. The van der Waals surface area contributed by atoms with Crippen LogP contribution in [0, 0.1) is 11.8 Å². The summed E-state index contributed by atoms with van der Waals surface area (Å²) in [6, 6.07) is 4.43. The number of rotatable bonds is 3. The van der Waals surface area contributed by atoms with E-state index in [2.05, 4.69) is 0 Å². The molecule has 1 fully saturated rings. The normalized spacial score (nSPS) is 25.1. The first-order chi connectivity index (χ1) is 10.4. The van der Waals surface area contributed by atoms with E-state index in [4.69, 9.17) is 9.47 Å². The van der Waals surface area contributed by atoms with Crippen LogP contribution in [0.2, 0.25) is 0 Å². The maximum atomic E-state index is 12.7. The molecule has 8 heteroatoms. The molecule has 0 aliphatic carbocycles. The average molecular weight is 327 g/mol. The number of nitrogens with zero attached hydrogens (tertiary/aromatic N) is 1. The fraction of sp³-hybridized carbons (Fsp3) is 0.500. The summed E-state index contributed by atoms with van der Waals surface area (Å²) in [7, 11) is -3.75. The number of piperidine rings is 1. The molecule has 0 saturated carbocycles. The summed E-state index contributed by atoms with van der Waals surface area (Å²) in [5.74, 6) is -0.737. The van der Waals surface area contributed by atoms with Crippen LogP contribution in [0.3, 0.4) is 0 Å². The van der Waals surface area contributed by atoms with Crippen LogP contribution >= 0.6 is 0 Å². The Balaban J connectivity index is 1.90. The van der Waals surface area contributed by atoms with E-state index in [0.29, 0.717) is 24.5 Å². The van der Waals surface area contributed by atoms with Crippen LogP contribution in [0.4, 0.5) is 0 Å². The second kappa shape index (κ2) is 5.44. The lowest BCUT2D eigenvalue weighted by Crippen LogP contribution is -2.45. The zero-order valence-corrected chi connectivity index (χ0v) is 12.9. The highest BCUT2D eigenvalue weighted by molar-refractivity contribution is 7.89. The molecule has 0 aromatic heterocycles. The predicted octanol–water partition coefficient (Wildman–Crippen LogP) is 1.15. The first-order valence-electron chi connectivity index (χ1n) is 7.00. The third-order valence-corrected chi connectivity index (χ3v) is 5.78. The van der Waals surface area contributed by atoms with Gasteiger partial charge in [-0.25, -0.2) is 8.42 Å². The molecule has 0 bridgehead atoms. The smallest absolute Gasteiger partial charge is 0.307 e. The summed E-state index contributed by atoms with van der Waals surface area (Å²) < 4.78 is 37.1. The van der Waals surface area contributed by atoms with Crippen LogP contribution in [0.25, 0.3) is 0 Å². The Bertz CT molecular complexity index is 701. The summed E-state index contributed by atoms with van der Waals surface area (Å²) in [6.07, 6.45) is 0.489. The molecule has 2 heterocycles. The summed E-state index contributed by atoms with van der Waals surface area (Å²) >= 11 is 0. The Morgan fingerprint density at radius 3 is 2.73 bits per heavy atom. The van der Waals surface area contributed by atoms with E-state index < -0.39 is 21.9 Å². The number of carbonyl (C=O) groups is 1. The van der Waals surface area contributed by atoms with E-state index in [0.717, 1.165) is 0 Å². The molecule has 7 nitrogen and oxygen atoms in total. The quantitative estimate of drug-likeness (QED) is 0.895. The van der Waals surface area contributed by atoms with Crippen molar-refractivity contribution in [1.82, 2.24) is 4.31 Å². The van der Waals surface area contributed by atoms with Crippen LogP contribution in [-0.4, -0.2) is 43.7 Å². The lowest BCUT2D eigenvalue weighted by atomic mass is 9.92. The van der Waals surface area contributed by atoms with E-state index in [9.17, 15) is 18.3 Å². The minimum absolute atomic E-state index is 0.00126. The molecule has 22 heavy (non-hydrogen) atoms. The molecule has 0 amide bonds. The highest BCUT2D eigenvalue weighted by Gasteiger charge is 2.36. The molecule has 3 rings (SSSR count). The summed E-state index contributed by atoms with van der Waals surface area (Å²) in [6.45, 7) is 2.24. The van der Waals surface area contributed by atoms with Crippen LogP contribution in [0.15, 0.2) is 23.1 Å². The van der Waals surface area contributed by atoms with Gasteiger partial charge in [0.2, 0.25) is 16.8 Å². The third kappa shape index (κ3) is 2.64. The first kappa shape index (κ1) is 15.1. The van der Waals surface area contributed by atoms with Gasteiger partial charge in [-0.1, -0.05) is 6.92 Å². The molecule has 1 aromatic carbocycles. The molecule has 2 unspecified atom stereocenters. The number of hydrogen-bond acceptors (Lipinski definition) is 5. The molecule has 0 spiro atoms. The Hall–Kier alpha value is -1.80. The Morgan fingerprint density at radius 1 is 1.27 bits per heavy atom. The number of carboxylic acids is 1. The van der Waals surface area contributed by atoms with Gasteiger partial charge in [-0.15, -0.1) is 0 Å². The SMILES string of the molecule is CC1CC(C(=O)O)CN(S(=O)(=O)c2ccc3c(c2)OCO3)C1. The second-order valence-corrected chi connectivity index (χ2v) is 7.65. The summed E-state index contributed by atoms with van der Waals surface area (Å²) in [5, 5.41) is 9.18. The largest absolute Gasteiger partial charge is 0.481 e. The van der Waals surface area contributed by atoms with E-state index in [-0.39, 0.29) is 24.2 Å². The molecule has 0 radical (unpaired) electrons. The minimum atomic E-state index is -3.75.